The molecule has 3 aromatic carbocycles. The summed E-state index contributed by atoms with van der Waals surface area (Å²) < 4.78 is 89.3. The average molecular weight is 871 g/mol. The van der Waals surface area contributed by atoms with Crippen molar-refractivity contribution >= 4 is 29.8 Å². The van der Waals surface area contributed by atoms with Gasteiger partial charge in [-0.1, -0.05) is 42.0 Å². The minimum atomic E-state index is -5.39. The highest BCUT2D eigenvalue weighted by Gasteiger charge is 2.65. The highest BCUT2D eigenvalue weighted by molar-refractivity contribution is 5.90. The van der Waals surface area contributed by atoms with Gasteiger partial charge in [0.2, 0.25) is 0 Å². The molecule has 334 valence electrons. The highest BCUT2D eigenvalue weighted by atomic mass is 19.4. The van der Waals surface area contributed by atoms with E-state index in [2.05, 4.69) is 0 Å². The lowest BCUT2D eigenvalue weighted by atomic mass is 9.82. The van der Waals surface area contributed by atoms with Crippen LogP contribution in [0.4, 0.5) is 13.2 Å². The minimum Gasteiger partial charge on any atom is -0.497 e. The number of hydrogen-bond donors (Lipinski definition) is 1. The van der Waals surface area contributed by atoms with E-state index < -0.39 is 103 Å². The number of hydrogen-bond acceptors (Lipinski definition) is 14. The molecular weight excluding hydrogens is 821 g/mol. The van der Waals surface area contributed by atoms with Gasteiger partial charge in [-0.25, -0.2) is 14.4 Å². The summed E-state index contributed by atoms with van der Waals surface area (Å²) in [5, 5.41) is 12.8. The van der Waals surface area contributed by atoms with Crippen LogP contribution in [0.3, 0.4) is 0 Å². The van der Waals surface area contributed by atoms with Crippen molar-refractivity contribution in [2.45, 2.75) is 107 Å². The first-order valence-corrected chi connectivity index (χ1v) is 19.7. The fraction of sp³-hybridized carbons (Fsp3) is 0.444. The van der Waals surface area contributed by atoms with E-state index in [1.54, 1.807) is 18.2 Å². The summed E-state index contributed by atoms with van der Waals surface area (Å²) in [6, 6.07) is 18.1. The highest BCUT2D eigenvalue weighted by Crippen LogP contribution is 2.46. The first kappa shape index (κ1) is 47.1. The van der Waals surface area contributed by atoms with Crippen LogP contribution in [0.25, 0.3) is 0 Å². The van der Waals surface area contributed by atoms with Crippen LogP contribution in [-0.2, 0) is 48.4 Å². The third-order valence-electron chi connectivity index (χ3n) is 10.7. The number of esters is 5. The van der Waals surface area contributed by atoms with E-state index in [9.17, 15) is 29.1 Å². The number of benzene rings is 3. The molecule has 1 N–H and O–H groups in total. The number of methoxy groups -OCH3 is 3. The fourth-order valence-electron chi connectivity index (χ4n) is 7.82. The van der Waals surface area contributed by atoms with Crippen molar-refractivity contribution in [3.05, 3.63) is 107 Å². The van der Waals surface area contributed by atoms with Crippen molar-refractivity contribution in [2.24, 2.45) is 0 Å². The molecule has 0 saturated heterocycles. The molecule has 0 unspecified atom stereocenters. The Morgan fingerprint density at radius 2 is 1.18 bits per heavy atom. The third-order valence-corrected chi connectivity index (χ3v) is 10.7. The van der Waals surface area contributed by atoms with Gasteiger partial charge in [0.05, 0.1) is 25.3 Å². The Kier molecular flexibility index (Phi) is 15.4. The predicted octanol–water partition coefficient (Wildman–Crippen LogP) is 6.75. The summed E-state index contributed by atoms with van der Waals surface area (Å²) in [6.45, 7) is 2.30. The molecule has 62 heavy (non-hydrogen) atoms. The Balaban J connectivity index is 1.54. The average Bonchev–Trinajstić information content (AvgIpc) is 3.47. The van der Waals surface area contributed by atoms with Gasteiger partial charge >= 0.3 is 36.0 Å². The standard InChI is InChI=1S/C45H49F3O14/c1-27(49)58-36-21-29(11-16-35(22-36)60-40(51)30-12-17-33(55-3)18-13-30)25-43(54)26-38(59-28(2)50)23-37(61-41(52)31-14-19-34(56-4)20-15-31)24-39(43)62-42(53)44(57-5,45(46,47)48)32-9-7-6-8-10-32/h6-15,17-20,35-39,54H,16,21-26H2,1-5H3/t35-,36+,37-,38+,39-,43+,44-/m0/s1. The van der Waals surface area contributed by atoms with Crippen molar-refractivity contribution in [1.29, 1.82) is 0 Å². The van der Waals surface area contributed by atoms with Crippen LogP contribution >= 0.6 is 0 Å². The van der Waals surface area contributed by atoms with Gasteiger partial charge in [0.1, 0.15) is 47.6 Å². The molecule has 0 amide bonds. The Morgan fingerprint density at radius 1 is 0.661 bits per heavy atom. The van der Waals surface area contributed by atoms with Gasteiger partial charge in [0.25, 0.3) is 5.60 Å². The van der Waals surface area contributed by atoms with Gasteiger partial charge in [-0.3, -0.25) is 9.59 Å². The maximum Gasteiger partial charge on any atom is 0.432 e. The van der Waals surface area contributed by atoms with Gasteiger partial charge < -0.3 is 43.0 Å². The van der Waals surface area contributed by atoms with E-state index in [4.69, 9.17) is 37.9 Å². The van der Waals surface area contributed by atoms with Crippen LogP contribution in [0.15, 0.2) is 90.5 Å². The lowest BCUT2D eigenvalue weighted by Crippen LogP contribution is -2.55. The fourth-order valence-corrected chi connectivity index (χ4v) is 7.82. The first-order valence-electron chi connectivity index (χ1n) is 19.7. The molecule has 0 radical (unpaired) electrons. The second kappa shape index (κ2) is 20.3. The van der Waals surface area contributed by atoms with E-state index in [1.807, 2.05) is 0 Å². The Bertz CT molecular complexity index is 2070. The number of aliphatic hydroxyl groups is 1. The van der Waals surface area contributed by atoms with E-state index >= 15 is 13.2 Å². The molecule has 1 fully saturated rings. The number of halogens is 3. The summed E-state index contributed by atoms with van der Waals surface area (Å²) in [4.78, 5) is 65.5. The van der Waals surface area contributed by atoms with Crippen LogP contribution in [0.2, 0.25) is 0 Å². The summed E-state index contributed by atoms with van der Waals surface area (Å²) in [6.07, 6.45) is -11.6. The van der Waals surface area contributed by atoms with E-state index in [1.165, 1.54) is 75.7 Å². The van der Waals surface area contributed by atoms with Crippen LogP contribution in [0.5, 0.6) is 11.5 Å². The molecule has 0 aromatic heterocycles. The molecule has 2 aliphatic carbocycles. The Morgan fingerprint density at radius 3 is 1.68 bits per heavy atom. The van der Waals surface area contributed by atoms with Crippen molar-refractivity contribution in [2.75, 3.05) is 21.3 Å². The van der Waals surface area contributed by atoms with Gasteiger partial charge in [-0.2, -0.15) is 13.2 Å². The molecule has 3 aromatic rings. The topological polar surface area (TPSA) is 179 Å². The largest absolute Gasteiger partial charge is 0.497 e. The number of alkyl halides is 3. The van der Waals surface area contributed by atoms with E-state index in [-0.39, 0.29) is 36.8 Å². The maximum atomic E-state index is 15.2. The quantitative estimate of drug-likeness (QED) is 0.0778. The zero-order valence-electron chi connectivity index (χ0n) is 34.8. The van der Waals surface area contributed by atoms with Crippen LogP contribution < -0.4 is 9.47 Å². The molecule has 2 aliphatic rings. The molecule has 0 aliphatic heterocycles. The zero-order valence-corrected chi connectivity index (χ0v) is 34.8. The van der Waals surface area contributed by atoms with E-state index in [0.717, 1.165) is 19.1 Å². The van der Waals surface area contributed by atoms with Crippen LogP contribution in [-0.4, -0.2) is 98.6 Å². The summed E-state index contributed by atoms with van der Waals surface area (Å²) >= 11 is 0. The number of ether oxygens (including phenoxy) is 8. The maximum absolute atomic E-state index is 15.2. The van der Waals surface area contributed by atoms with Gasteiger partial charge in [0.15, 0.2) is 0 Å². The molecule has 14 nitrogen and oxygen atoms in total. The van der Waals surface area contributed by atoms with Crippen molar-refractivity contribution < 1.29 is 80.1 Å². The van der Waals surface area contributed by atoms with Crippen LogP contribution in [0, 0.1) is 0 Å². The number of carbonyl (C=O) groups is 5. The van der Waals surface area contributed by atoms with Gasteiger partial charge in [0, 0.05) is 71.5 Å². The lowest BCUT2D eigenvalue weighted by molar-refractivity contribution is -0.281. The van der Waals surface area contributed by atoms with Crippen molar-refractivity contribution in [3.8, 4) is 11.5 Å². The molecule has 0 heterocycles. The molecule has 5 rings (SSSR count). The molecule has 1 saturated carbocycles. The molecule has 17 heteroatoms. The zero-order chi connectivity index (χ0) is 45.2. The molecular formula is C45H49F3O14. The normalized spacial score (nSPS) is 23.8. The summed E-state index contributed by atoms with van der Waals surface area (Å²) in [5.74, 6) is -3.94. The summed E-state index contributed by atoms with van der Waals surface area (Å²) in [5.41, 5.74) is -5.93. The van der Waals surface area contributed by atoms with Crippen molar-refractivity contribution in [1.82, 2.24) is 0 Å². The second-order valence-corrected chi connectivity index (χ2v) is 15.1. The van der Waals surface area contributed by atoms with Gasteiger partial charge in [-0.05, 0) is 48.5 Å². The second-order valence-electron chi connectivity index (χ2n) is 15.1. The monoisotopic (exact) mass is 870 g/mol. The van der Waals surface area contributed by atoms with Crippen LogP contribution in [0.1, 0.15) is 85.1 Å². The van der Waals surface area contributed by atoms with Crippen molar-refractivity contribution in [3.63, 3.8) is 0 Å². The van der Waals surface area contributed by atoms with Gasteiger partial charge in [-0.15, -0.1) is 0 Å². The Labute approximate surface area is 356 Å². The molecule has 7 atom stereocenters. The predicted molar refractivity (Wildman–Crippen MR) is 212 cm³/mol. The molecule has 0 spiro atoms. The Hall–Kier alpha value is -5.94. The smallest absolute Gasteiger partial charge is 0.432 e. The third kappa shape index (κ3) is 11.5. The summed E-state index contributed by atoms with van der Waals surface area (Å²) in [7, 11) is 3.61. The molecule has 0 bridgehead atoms. The SMILES string of the molecule is COc1ccc(C(=O)O[C@H]2CC=C(C[C@@]3(O)C[C@H](OC(C)=O)C[C@H](OC(=O)c4ccc(OC)cc4)C[C@@H]3OC(=O)[C@@](OC)(c3ccccc3)C(F)(F)F)C[C@@H](OC(C)=O)C2)cc1. The first-order chi connectivity index (χ1) is 29.4. The van der Waals surface area contributed by atoms with E-state index in [0.29, 0.717) is 24.2 Å². The number of carbonyl (C=O) groups excluding carboxylic acids is 5. The minimum absolute atomic E-state index is 0.0385. The number of rotatable bonds is 14. The lowest BCUT2D eigenvalue weighted by Gasteiger charge is -2.39.